The fraction of sp³-hybridized carbons (Fsp3) is 1.00. The number of hydrogen-bond acceptors (Lipinski definition) is 2. The maximum absolute atomic E-state index is 6.02. The average Bonchev–Trinajstić information content (AvgIpc) is 2.39. The Labute approximate surface area is 107 Å². The molecule has 2 aliphatic rings. The summed E-state index contributed by atoms with van der Waals surface area (Å²) in [5.41, 5.74) is 6.02. The Morgan fingerprint density at radius 1 is 1.18 bits per heavy atom. The molecule has 1 aliphatic carbocycles. The van der Waals surface area contributed by atoms with Gasteiger partial charge in [-0.05, 0) is 57.5 Å². The van der Waals surface area contributed by atoms with Crippen molar-refractivity contribution in [2.75, 3.05) is 13.1 Å². The molecule has 3 unspecified atom stereocenters. The summed E-state index contributed by atoms with van der Waals surface area (Å²) in [7, 11) is 0. The third-order valence-electron chi connectivity index (χ3n) is 5.17. The molecule has 1 heterocycles. The van der Waals surface area contributed by atoms with Gasteiger partial charge in [0.2, 0.25) is 0 Å². The molecule has 0 aromatic rings. The predicted octanol–water partition coefficient (Wildman–Crippen LogP) is 3.01. The zero-order valence-corrected chi connectivity index (χ0v) is 11.7. The summed E-state index contributed by atoms with van der Waals surface area (Å²) in [4.78, 5) is 2.76. The first-order valence-electron chi connectivity index (χ1n) is 7.70. The van der Waals surface area contributed by atoms with E-state index in [1.54, 1.807) is 0 Å². The molecular weight excluding hydrogens is 208 g/mol. The number of rotatable bonds is 3. The van der Waals surface area contributed by atoms with Gasteiger partial charge in [0.05, 0.1) is 0 Å². The van der Waals surface area contributed by atoms with Crippen molar-refractivity contribution in [3.8, 4) is 0 Å². The molecule has 2 rings (SSSR count). The Kier molecular flexibility index (Phi) is 4.87. The highest BCUT2D eigenvalue weighted by Gasteiger charge is 2.29. The maximum atomic E-state index is 6.02. The van der Waals surface area contributed by atoms with Gasteiger partial charge in [0, 0.05) is 12.1 Å². The summed E-state index contributed by atoms with van der Waals surface area (Å²) in [5.74, 6) is 1.77. The van der Waals surface area contributed by atoms with Crippen molar-refractivity contribution in [1.29, 1.82) is 0 Å². The fourth-order valence-corrected chi connectivity index (χ4v) is 3.78. The first-order chi connectivity index (χ1) is 8.20. The zero-order chi connectivity index (χ0) is 12.3. The zero-order valence-electron chi connectivity index (χ0n) is 11.7. The number of piperidine rings is 1. The van der Waals surface area contributed by atoms with Gasteiger partial charge < -0.3 is 10.6 Å². The van der Waals surface area contributed by atoms with E-state index in [-0.39, 0.29) is 0 Å². The van der Waals surface area contributed by atoms with Crippen molar-refractivity contribution in [2.45, 2.75) is 70.9 Å². The van der Waals surface area contributed by atoms with E-state index in [0.717, 1.165) is 17.9 Å². The van der Waals surface area contributed by atoms with Crippen molar-refractivity contribution in [2.24, 2.45) is 17.6 Å². The van der Waals surface area contributed by atoms with Crippen LogP contribution in [-0.2, 0) is 0 Å². The van der Waals surface area contributed by atoms with E-state index in [9.17, 15) is 0 Å². The molecule has 0 aromatic heterocycles. The normalized spacial score (nSPS) is 34.8. The van der Waals surface area contributed by atoms with Crippen molar-refractivity contribution in [3.63, 3.8) is 0 Å². The largest absolute Gasteiger partial charge is 0.328 e. The summed E-state index contributed by atoms with van der Waals surface area (Å²) in [6, 6.07) is 1.29. The van der Waals surface area contributed by atoms with Crippen molar-refractivity contribution >= 4 is 0 Å². The van der Waals surface area contributed by atoms with Crippen LogP contribution < -0.4 is 5.73 Å². The van der Waals surface area contributed by atoms with E-state index in [0.29, 0.717) is 6.04 Å². The standard InChI is InChI=1S/C15H30N2/c1-3-13-5-4-6-15(11-13)17-9-7-14(8-10-17)12(2)16/h12-15H,3-11,16H2,1-2H3. The number of hydrogen-bond donors (Lipinski definition) is 1. The molecule has 2 fully saturated rings. The molecule has 2 N–H and O–H groups in total. The molecule has 0 aromatic carbocycles. The van der Waals surface area contributed by atoms with Gasteiger partial charge in [-0.25, -0.2) is 0 Å². The Hall–Kier alpha value is -0.0800. The quantitative estimate of drug-likeness (QED) is 0.819. The van der Waals surface area contributed by atoms with E-state index >= 15 is 0 Å². The van der Waals surface area contributed by atoms with Crippen LogP contribution in [0.15, 0.2) is 0 Å². The van der Waals surface area contributed by atoms with Crippen LogP contribution in [-0.4, -0.2) is 30.1 Å². The van der Waals surface area contributed by atoms with Gasteiger partial charge in [0.1, 0.15) is 0 Å². The van der Waals surface area contributed by atoms with Gasteiger partial charge in [0.15, 0.2) is 0 Å². The molecule has 1 saturated carbocycles. The van der Waals surface area contributed by atoms with Gasteiger partial charge >= 0.3 is 0 Å². The van der Waals surface area contributed by atoms with E-state index in [2.05, 4.69) is 18.7 Å². The molecule has 1 saturated heterocycles. The van der Waals surface area contributed by atoms with Crippen LogP contribution in [0.5, 0.6) is 0 Å². The maximum Gasteiger partial charge on any atom is 0.00978 e. The number of nitrogens with zero attached hydrogens (tertiary/aromatic N) is 1. The molecule has 2 nitrogen and oxygen atoms in total. The first kappa shape index (κ1) is 13.4. The minimum Gasteiger partial charge on any atom is -0.328 e. The Bertz CT molecular complexity index is 219. The second kappa shape index (κ2) is 6.19. The summed E-state index contributed by atoms with van der Waals surface area (Å²) < 4.78 is 0. The lowest BCUT2D eigenvalue weighted by atomic mass is 9.82. The molecule has 3 atom stereocenters. The molecule has 2 heteroatoms. The summed E-state index contributed by atoms with van der Waals surface area (Å²) >= 11 is 0. The lowest BCUT2D eigenvalue weighted by Crippen LogP contribution is -2.46. The van der Waals surface area contributed by atoms with Crippen LogP contribution >= 0.6 is 0 Å². The molecule has 0 amide bonds. The molecule has 0 spiro atoms. The van der Waals surface area contributed by atoms with E-state index < -0.39 is 0 Å². The monoisotopic (exact) mass is 238 g/mol. The topological polar surface area (TPSA) is 29.3 Å². The van der Waals surface area contributed by atoms with Gasteiger partial charge in [-0.1, -0.05) is 26.2 Å². The summed E-state index contributed by atoms with van der Waals surface area (Å²) in [6.07, 6.45) is 9.86. The van der Waals surface area contributed by atoms with Gasteiger partial charge in [0.25, 0.3) is 0 Å². The lowest BCUT2D eigenvalue weighted by molar-refractivity contribution is 0.0842. The van der Waals surface area contributed by atoms with Crippen LogP contribution in [0, 0.1) is 11.8 Å². The molecule has 0 radical (unpaired) electrons. The van der Waals surface area contributed by atoms with E-state index in [4.69, 9.17) is 5.73 Å². The third-order valence-corrected chi connectivity index (χ3v) is 5.17. The molecule has 100 valence electrons. The summed E-state index contributed by atoms with van der Waals surface area (Å²) in [5, 5.41) is 0. The highest BCUT2D eigenvalue weighted by Crippen LogP contribution is 2.32. The minimum atomic E-state index is 0.395. The Morgan fingerprint density at radius 2 is 1.88 bits per heavy atom. The number of nitrogens with two attached hydrogens (primary N) is 1. The average molecular weight is 238 g/mol. The molecule has 17 heavy (non-hydrogen) atoms. The molecular formula is C15H30N2. The van der Waals surface area contributed by atoms with Crippen LogP contribution in [0.3, 0.4) is 0 Å². The highest BCUT2D eigenvalue weighted by atomic mass is 15.2. The Balaban J connectivity index is 1.80. The van der Waals surface area contributed by atoms with Crippen molar-refractivity contribution in [1.82, 2.24) is 4.90 Å². The van der Waals surface area contributed by atoms with E-state index in [1.165, 1.54) is 58.0 Å². The van der Waals surface area contributed by atoms with Gasteiger partial charge in [-0.3, -0.25) is 0 Å². The lowest BCUT2D eigenvalue weighted by Gasteiger charge is -2.42. The third kappa shape index (κ3) is 3.45. The van der Waals surface area contributed by atoms with E-state index in [1.807, 2.05) is 0 Å². The van der Waals surface area contributed by atoms with Crippen LogP contribution in [0.25, 0.3) is 0 Å². The van der Waals surface area contributed by atoms with Crippen molar-refractivity contribution < 1.29 is 0 Å². The van der Waals surface area contributed by atoms with Gasteiger partial charge in [-0.15, -0.1) is 0 Å². The molecule has 0 bridgehead atoms. The highest BCUT2D eigenvalue weighted by molar-refractivity contribution is 4.85. The second-order valence-corrected chi connectivity index (χ2v) is 6.33. The molecule has 1 aliphatic heterocycles. The Morgan fingerprint density at radius 3 is 2.47 bits per heavy atom. The predicted molar refractivity (Wildman–Crippen MR) is 74.0 cm³/mol. The summed E-state index contributed by atoms with van der Waals surface area (Å²) in [6.45, 7) is 7.13. The second-order valence-electron chi connectivity index (χ2n) is 6.33. The SMILES string of the molecule is CCC1CCCC(N2CCC(C(C)N)CC2)C1. The first-order valence-corrected chi connectivity index (χ1v) is 7.70. The van der Waals surface area contributed by atoms with Crippen LogP contribution in [0.2, 0.25) is 0 Å². The van der Waals surface area contributed by atoms with Gasteiger partial charge in [-0.2, -0.15) is 0 Å². The smallest absolute Gasteiger partial charge is 0.00978 e. The van der Waals surface area contributed by atoms with Crippen LogP contribution in [0.4, 0.5) is 0 Å². The minimum absolute atomic E-state index is 0.395. The van der Waals surface area contributed by atoms with Crippen LogP contribution in [0.1, 0.15) is 58.8 Å². The van der Waals surface area contributed by atoms with Crippen molar-refractivity contribution in [3.05, 3.63) is 0 Å². The number of likely N-dealkylation sites (tertiary alicyclic amines) is 1. The fourth-order valence-electron chi connectivity index (χ4n) is 3.78.